The highest BCUT2D eigenvalue weighted by atomic mass is 35.5. The van der Waals surface area contributed by atoms with Gasteiger partial charge in [0, 0.05) is 0 Å². The molecule has 12 N–H and O–H groups in total. The summed E-state index contributed by atoms with van der Waals surface area (Å²) in [6.45, 7) is 0. The monoisotopic (exact) mass is 926 g/mol. The Morgan fingerprint density at radius 2 is 0.659 bits per heavy atom. The van der Waals surface area contributed by atoms with Crippen molar-refractivity contribution < 1.29 is 133 Å². The summed E-state index contributed by atoms with van der Waals surface area (Å²) in [5, 5.41) is 42.7. The highest BCUT2D eigenvalue weighted by Gasteiger charge is 2.09. The van der Waals surface area contributed by atoms with E-state index in [2.05, 4.69) is 18.9 Å². The fourth-order valence-electron chi connectivity index (χ4n) is 0.0757. The molecule has 0 atom stereocenters. The first kappa shape index (κ1) is 113. The first-order valence-electron chi connectivity index (χ1n) is 4.88. The maximum Gasteiger partial charge on any atom is 1.00 e. The number of hydrogen-bond acceptors (Lipinski definition) is 10. The van der Waals surface area contributed by atoms with Crippen molar-refractivity contribution in [3.8, 4) is 0 Å². The van der Waals surface area contributed by atoms with Gasteiger partial charge in [0.1, 0.15) is 37.1 Å². The molecule has 31 heteroatoms. The van der Waals surface area contributed by atoms with Gasteiger partial charge in [-0.05, 0) is 0 Å². The third-order valence-electron chi connectivity index (χ3n) is 0.554. The van der Waals surface area contributed by atoms with Gasteiger partial charge in [0.05, 0.1) is 0 Å². The Morgan fingerprint density at radius 3 is 0.659 bits per heavy atom. The first-order chi connectivity index (χ1) is 13.7. The molecule has 0 aromatic carbocycles. The topological polar surface area (TPSA) is 299 Å². The molecule has 0 aliphatic carbocycles. The molecular formula is C10H25Cl15O16+2. The van der Waals surface area contributed by atoms with Crippen LogP contribution >= 0.6 is 130 Å². The van der Waals surface area contributed by atoms with E-state index in [0.29, 0.717) is 0 Å². The molecule has 16 nitrogen and oxygen atoms in total. The van der Waals surface area contributed by atoms with Gasteiger partial charge in [-0.2, -0.15) is 0 Å². The Kier molecular flexibility index (Phi) is 288. The van der Waals surface area contributed by atoms with Crippen molar-refractivity contribution in [1.82, 2.24) is 0 Å². The predicted molar refractivity (Wildman–Crippen MR) is 146 cm³/mol. The van der Waals surface area contributed by atoms with Crippen molar-refractivity contribution in [1.29, 1.82) is 0 Å². The van der Waals surface area contributed by atoms with Gasteiger partial charge in [-0.25, -0.2) is 21.0 Å². The minimum Gasteiger partial charge on any atom is -1.00 e. The van der Waals surface area contributed by atoms with Gasteiger partial charge in [-0.1, -0.05) is 127 Å². The van der Waals surface area contributed by atoms with Gasteiger partial charge in [-0.3, -0.25) is 0 Å². The lowest BCUT2D eigenvalue weighted by Gasteiger charge is -1.75. The molecule has 0 fully saturated rings. The van der Waals surface area contributed by atoms with Crippen molar-refractivity contribution in [3.63, 3.8) is 0 Å². The summed E-state index contributed by atoms with van der Waals surface area (Å²) in [4.78, 5) is 36.3. The molecular weight excluding hydrogens is 908 g/mol. The van der Waals surface area contributed by atoms with Crippen LogP contribution in [0.1, 0.15) is 17.7 Å². The van der Waals surface area contributed by atoms with Crippen molar-refractivity contribution in [2.24, 2.45) is 0 Å². The van der Waals surface area contributed by atoms with Crippen LogP contribution in [0.15, 0.2) is 18.0 Å². The van der Waals surface area contributed by atoms with Crippen molar-refractivity contribution in [2.45, 2.75) is 14.9 Å². The fraction of sp³-hybridized carbons (Fsp3) is 0.200. The summed E-state index contributed by atoms with van der Waals surface area (Å²) in [7, 11) is 0. The van der Waals surface area contributed by atoms with Gasteiger partial charge >= 0.3 is 27.5 Å². The highest BCUT2D eigenvalue weighted by molar-refractivity contribution is 6.68. The van der Waals surface area contributed by atoms with Gasteiger partial charge in [0.2, 0.25) is 0 Å². The third kappa shape index (κ3) is 274. The van der Waals surface area contributed by atoms with Crippen molar-refractivity contribution in [3.05, 3.63) is 18.0 Å². The molecule has 0 rings (SSSR count). The van der Waals surface area contributed by atoms with Crippen LogP contribution in [0.2, 0.25) is 0 Å². The molecule has 0 radical (unpaired) electrons. The maximum absolute atomic E-state index is 9.23. The molecule has 0 aliphatic heterocycles. The maximum atomic E-state index is 9.23. The van der Waals surface area contributed by atoms with Crippen LogP contribution in [0.3, 0.4) is 0 Å². The molecule has 264 valence electrons. The zero-order chi connectivity index (χ0) is 25.7. The van der Waals surface area contributed by atoms with Crippen LogP contribution < -0.4 is 49.6 Å². The second-order valence-corrected chi connectivity index (χ2v) is 5.95. The minimum absolute atomic E-state index is 0. The SMILES string of the molecule is C.C.Cl.Cl.Cl.ClC(Cl)=C(Cl)Cl.ClC(Cl)=C(Cl)Cl.O.O.O=C=[O+]C(=O)[OH2+].O=C=[O+]C(=O)[OH2+].OOO.OOO.[Cl-].[Cl-].[Cl-].[Cl-].[H+].[H+]. The van der Waals surface area contributed by atoms with E-state index in [9.17, 15) is 9.59 Å². The van der Waals surface area contributed by atoms with Crippen LogP contribution in [-0.2, 0) is 28.5 Å². The van der Waals surface area contributed by atoms with E-state index >= 15 is 0 Å². The Morgan fingerprint density at radius 1 is 0.561 bits per heavy atom. The summed E-state index contributed by atoms with van der Waals surface area (Å²) >= 11 is 40.0. The molecule has 0 heterocycles. The molecule has 0 bridgehead atoms. The van der Waals surface area contributed by atoms with Crippen molar-refractivity contribution >= 4 is 155 Å². The van der Waals surface area contributed by atoms with Crippen molar-refractivity contribution in [2.75, 3.05) is 0 Å². The molecule has 0 spiro atoms. The number of halogens is 15. The molecule has 0 aromatic rings. The van der Waals surface area contributed by atoms with Gasteiger partial charge in [0.25, 0.3) is 0 Å². The lowest BCUT2D eigenvalue weighted by Crippen LogP contribution is -3.00. The van der Waals surface area contributed by atoms with Crippen LogP contribution in [0.25, 0.3) is 0 Å². The standard InChI is InChI=1S/2C2Cl4.2C2O4.2CH4.7ClH.2H2O3.2H2O/c2*3-1(4)2(5)6;2*3-1-6-2(4)5;;;;;;;;;;2*1-3-2;;/h;;;;2*1H4;7*1H;2*1-2H;2*1H2/p+2. The predicted octanol–water partition coefficient (Wildman–Crippen LogP) is -7.24. The van der Waals surface area contributed by atoms with E-state index in [1.54, 1.807) is 0 Å². The average molecular weight is 933 g/mol. The van der Waals surface area contributed by atoms with E-state index in [-0.39, 0.29) is 133 Å². The number of carbonyl (C=O) groups excluding carboxylic acids is 6. The largest absolute Gasteiger partial charge is 1.00 e. The van der Waals surface area contributed by atoms with E-state index in [1.807, 2.05) is 0 Å². The highest BCUT2D eigenvalue weighted by Crippen LogP contribution is 2.20. The van der Waals surface area contributed by atoms with Gasteiger partial charge in [-0.15, -0.1) is 37.2 Å². The lowest BCUT2D eigenvalue weighted by atomic mass is 11.2. The summed E-state index contributed by atoms with van der Waals surface area (Å²) in [5.74, 6) is 0. The third-order valence-corrected chi connectivity index (χ3v) is 2.84. The Labute approximate surface area is 317 Å². The zero-order valence-electron chi connectivity index (χ0n) is 18.8. The lowest BCUT2D eigenvalue weighted by molar-refractivity contribution is -0.465. The van der Waals surface area contributed by atoms with E-state index < -0.39 is 12.3 Å². The summed E-state index contributed by atoms with van der Waals surface area (Å²) in [6, 6.07) is 0. The van der Waals surface area contributed by atoms with E-state index in [4.69, 9.17) is 134 Å². The second-order valence-electron chi connectivity index (χ2n) is 2.15. The number of carbonyl (C=O) groups is 2. The summed E-state index contributed by atoms with van der Waals surface area (Å²) in [5.41, 5.74) is 0. The van der Waals surface area contributed by atoms with E-state index in [1.165, 1.54) is 0 Å². The average Bonchev–Trinajstić information content (AvgIpc) is 2.57. The molecule has 0 aliphatic rings. The second kappa shape index (κ2) is 105. The van der Waals surface area contributed by atoms with Gasteiger partial charge < -0.3 is 70.8 Å². The Bertz CT molecular complexity index is 536. The van der Waals surface area contributed by atoms with Gasteiger partial charge in [0.15, 0.2) is 0 Å². The molecule has 0 amide bonds. The molecule has 0 aromatic heterocycles. The molecule has 0 unspecified atom stereocenters. The van der Waals surface area contributed by atoms with Crippen LogP contribution in [0, 0.1) is 0 Å². The first-order valence-corrected chi connectivity index (χ1v) is 7.90. The van der Waals surface area contributed by atoms with Crippen LogP contribution in [0.4, 0.5) is 9.59 Å². The number of hydrogen-bond donors (Lipinski definition) is 4. The van der Waals surface area contributed by atoms with E-state index in [0.717, 1.165) is 12.3 Å². The Balaban J connectivity index is -0.00000000904. The fourth-order valence-corrected chi connectivity index (χ4v) is 0.0757. The molecule has 0 saturated heterocycles. The minimum atomic E-state index is -1.38. The zero-order valence-corrected chi connectivity index (χ0v) is 28.3. The van der Waals surface area contributed by atoms with Crippen LogP contribution in [0.5, 0.6) is 0 Å². The summed E-state index contributed by atoms with van der Waals surface area (Å²) in [6.07, 6.45) is -1.21. The molecule has 41 heavy (non-hydrogen) atoms. The summed E-state index contributed by atoms with van der Waals surface area (Å²) < 4.78 is 6.13. The smallest absolute Gasteiger partial charge is 1.00 e. The Hall–Kier alpha value is 1.21. The quantitative estimate of drug-likeness (QED) is 0.101. The molecule has 0 saturated carbocycles. The van der Waals surface area contributed by atoms with Crippen LogP contribution in [-0.4, -0.2) is 66.8 Å². The normalized spacial score (nSPS) is 4.98. The number of rotatable bonds is 0.